The minimum absolute atomic E-state index is 0.529. The van der Waals surface area contributed by atoms with Crippen LogP contribution in [0.3, 0.4) is 0 Å². The Kier molecular flexibility index (Phi) is 4.93. The van der Waals surface area contributed by atoms with Crippen molar-refractivity contribution in [1.82, 2.24) is 19.9 Å². The third-order valence-corrected chi connectivity index (χ3v) is 6.24. The maximum Gasteiger partial charge on any atom is 0.218 e. The number of hydrogen-bond donors (Lipinski definition) is 0. The second kappa shape index (κ2) is 7.70. The Morgan fingerprint density at radius 2 is 1.89 bits per heavy atom. The van der Waals surface area contributed by atoms with Crippen LogP contribution in [-0.4, -0.2) is 52.1 Å². The molecular weight excluding hydrogens is 354 g/mol. The lowest BCUT2D eigenvalue weighted by molar-refractivity contribution is 0.183. The number of fused-ring (bicyclic) bond motifs is 1. The zero-order valence-electron chi connectivity index (χ0n) is 16.6. The molecule has 7 nitrogen and oxygen atoms in total. The van der Waals surface area contributed by atoms with E-state index in [1.54, 1.807) is 13.4 Å². The fourth-order valence-electron chi connectivity index (χ4n) is 4.63. The van der Waals surface area contributed by atoms with Gasteiger partial charge < -0.3 is 14.1 Å². The summed E-state index contributed by atoms with van der Waals surface area (Å²) < 4.78 is 11.3. The fourth-order valence-corrected chi connectivity index (χ4v) is 4.63. The summed E-state index contributed by atoms with van der Waals surface area (Å²) in [6.45, 7) is 2.98. The molecule has 5 rings (SSSR count). The molecular formula is C21H29N5O2. The first-order valence-electron chi connectivity index (χ1n) is 10.6. The van der Waals surface area contributed by atoms with E-state index < -0.39 is 0 Å². The molecule has 0 radical (unpaired) electrons. The molecule has 0 aromatic carbocycles. The van der Waals surface area contributed by atoms with E-state index in [4.69, 9.17) is 14.1 Å². The Labute approximate surface area is 166 Å². The van der Waals surface area contributed by atoms with Gasteiger partial charge in [0.15, 0.2) is 0 Å². The predicted molar refractivity (Wildman–Crippen MR) is 106 cm³/mol. The van der Waals surface area contributed by atoms with Crippen molar-refractivity contribution >= 4 is 5.82 Å². The van der Waals surface area contributed by atoms with Gasteiger partial charge in [0.25, 0.3) is 0 Å². The van der Waals surface area contributed by atoms with Crippen LogP contribution in [0.4, 0.5) is 5.82 Å². The first-order chi connectivity index (χ1) is 13.8. The zero-order chi connectivity index (χ0) is 18.9. The molecule has 3 heterocycles. The Morgan fingerprint density at radius 1 is 1.11 bits per heavy atom. The second-order valence-corrected chi connectivity index (χ2v) is 8.25. The Balaban J connectivity index is 1.22. The van der Waals surface area contributed by atoms with Crippen molar-refractivity contribution in [2.45, 2.75) is 70.0 Å². The quantitative estimate of drug-likeness (QED) is 0.759. The largest absolute Gasteiger partial charge is 0.481 e. The number of piperidine rings is 1. The van der Waals surface area contributed by atoms with Gasteiger partial charge in [0.1, 0.15) is 17.9 Å². The summed E-state index contributed by atoms with van der Waals surface area (Å²) in [5, 5.41) is 0. The number of aromatic nitrogens is 3. The fraction of sp³-hybridized carbons (Fsp3) is 0.667. The maximum atomic E-state index is 6.03. The van der Waals surface area contributed by atoms with Crippen LogP contribution in [0.25, 0.3) is 0 Å². The molecule has 0 atom stereocenters. The lowest BCUT2D eigenvalue weighted by atomic mass is 10.0. The molecule has 2 aromatic heterocycles. The van der Waals surface area contributed by atoms with Crippen molar-refractivity contribution in [2.75, 3.05) is 25.1 Å². The molecule has 0 unspecified atom stereocenters. The molecule has 0 N–H and O–H groups in total. The number of nitrogens with zero attached hydrogens (tertiary/aromatic N) is 5. The number of methoxy groups -OCH3 is 1. The summed E-state index contributed by atoms with van der Waals surface area (Å²) in [5.74, 6) is 3.69. The molecule has 2 fully saturated rings. The summed E-state index contributed by atoms with van der Waals surface area (Å²) in [5.41, 5.74) is 1.20. The first kappa shape index (κ1) is 17.9. The number of oxazole rings is 1. The molecule has 28 heavy (non-hydrogen) atoms. The number of rotatable bonds is 6. The van der Waals surface area contributed by atoms with Gasteiger partial charge in [-0.25, -0.2) is 15.0 Å². The molecule has 7 heteroatoms. The van der Waals surface area contributed by atoms with Crippen LogP contribution in [0.2, 0.25) is 0 Å². The van der Waals surface area contributed by atoms with Crippen molar-refractivity contribution in [3.8, 4) is 5.88 Å². The second-order valence-electron chi connectivity index (χ2n) is 8.25. The standard InChI is InChI=1S/C21H29N5O2/c1-27-20-12-19(22-14-23-20)26(15-6-7-15)16-8-10-25(11-9-16)13-21-24-17-4-2-3-5-18(17)28-21/h12,14-16H,2-11,13H2,1H3. The lowest BCUT2D eigenvalue weighted by Gasteiger charge is -2.39. The van der Waals surface area contributed by atoms with E-state index in [1.807, 2.05) is 6.07 Å². The number of ether oxygens (including phenoxy) is 1. The van der Waals surface area contributed by atoms with Crippen molar-refractivity contribution in [2.24, 2.45) is 0 Å². The van der Waals surface area contributed by atoms with E-state index in [0.717, 1.165) is 62.8 Å². The predicted octanol–water partition coefficient (Wildman–Crippen LogP) is 2.99. The van der Waals surface area contributed by atoms with Crippen molar-refractivity contribution in [3.05, 3.63) is 29.7 Å². The van der Waals surface area contributed by atoms with Gasteiger partial charge in [-0.1, -0.05) is 0 Å². The van der Waals surface area contributed by atoms with Crippen molar-refractivity contribution in [1.29, 1.82) is 0 Å². The van der Waals surface area contributed by atoms with E-state index >= 15 is 0 Å². The lowest BCUT2D eigenvalue weighted by Crippen LogP contribution is -2.46. The van der Waals surface area contributed by atoms with Gasteiger partial charge in [-0.3, -0.25) is 4.90 Å². The monoisotopic (exact) mass is 383 g/mol. The molecule has 1 aliphatic heterocycles. The normalized spacial score (nSPS) is 20.8. The molecule has 0 spiro atoms. The van der Waals surface area contributed by atoms with Crippen molar-refractivity contribution in [3.63, 3.8) is 0 Å². The molecule has 2 aromatic rings. The van der Waals surface area contributed by atoms with Crippen LogP contribution >= 0.6 is 0 Å². The highest BCUT2D eigenvalue weighted by Gasteiger charge is 2.36. The van der Waals surface area contributed by atoms with Crippen LogP contribution < -0.4 is 9.64 Å². The molecule has 150 valence electrons. The molecule has 3 aliphatic rings. The highest BCUT2D eigenvalue weighted by molar-refractivity contribution is 5.45. The molecule has 1 saturated carbocycles. The van der Waals surface area contributed by atoms with Crippen molar-refractivity contribution < 1.29 is 9.15 Å². The summed E-state index contributed by atoms with van der Waals surface area (Å²) in [4.78, 5) is 18.5. The first-order valence-corrected chi connectivity index (χ1v) is 10.6. The van der Waals surface area contributed by atoms with Crippen LogP contribution in [0.1, 0.15) is 55.9 Å². The number of aryl methyl sites for hydroxylation is 2. The molecule has 0 amide bonds. The van der Waals surface area contributed by atoms with Gasteiger partial charge in [0.05, 0.1) is 19.3 Å². The average molecular weight is 383 g/mol. The van der Waals surface area contributed by atoms with Gasteiger partial charge in [-0.15, -0.1) is 0 Å². The van der Waals surface area contributed by atoms with Gasteiger partial charge in [-0.2, -0.15) is 0 Å². The SMILES string of the molecule is COc1cc(N(C2CC2)C2CCN(Cc3nc4c(o3)CCCC4)CC2)ncn1. The van der Waals surface area contributed by atoms with Gasteiger partial charge in [0, 0.05) is 37.7 Å². The Morgan fingerprint density at radius 3 is 2.64 bits per heavy atom. The molecule has 2 aliphatic carbocycles. The van der Waals surface area contributed by atoms with Crippen LogP contribution in [0, 0.1) is 0 Å². The maximum absolute atomic E-state index is 6.03. The van der Waals surface area contributed by atoms with E-state index in [0.29, 0.717) is 18.0 Å². The number of hydrogen-bond acceptors (Lipinski definition) is 7. The van der Waals surface area contributed by atoms with Gasteiger partial charge in [-0.05, 0) is 44.9 Å². The van der Waals surface area contributed by atoms with Gasteiger partial charge >= 0.3 is 0 Å². The highest BCUT2D eigenvalue weighted by Crippen LogP contribution is 2.36. The number of anilines is 1. The van der Waals surface area contributed by atoms with Crippen LogP contribution in [-0.2, 0) is 19.4 Å². The third-order valence-electron chi connectivity index (χ3n) is 6.24. The Bertz CT molecular complexity index is 787. The van der Waals surface area contributed by atoms with E-state index in [9.17, 15) is 0 Å². The highest BCUT2D eigenvalue weighted by atomic mass is 16.5. The topological polar surface area (TPSA) is 67.5 Å². The summed E-state index contributed by atoms with van der Waals surface area (Å²) in [6, 6.07) is 3.12. The number of likely N-dealkylation sites (tertiary alicyclic amines) is 1. The zero-order valence-corrected chi connectivity index (χ0v) is 16.6. The summed E-state index contributed by atoms with van der Waals surface area (Å²) in [7, 11) is 1.66. The van der Waals surface area contributed by atoms with Gasteiger partial charge in [0.2, 0.25) is 11.8 Å². The summed E-state index contributed by atoms with van der Waals surface area (Å²) >= 11 is 0. The Hall–Kier alpha value is -2.15. The summed E-state index contributed by atoms with van der Waals surface area (Å²) in [6.07, 6.45) is 11.0. The minimum Gasteiger partial charge on any atom is -0.481 e. The van der Waals surface area contributed by atoms with E-state index in [-0.39, 0.29) is 0 Å². The molecule has 1 saturated heterocycles. The van der Waals surface area contributed by atoms with E-state index in [2.05, 4.69) is 19.8 Å². The smallest absolute Gasteiger partial charge is 0.218 e. The van der Waals surface area contributed by atoms with E-state index in [1.165, 1.54) is 31.4 Å². The van der Waals surface area contributed by atoms with Crippen LogP contribution in [0.5, 0.6) is 5.88 Å². The molecule has 0 bridgehead atoms. The average Bonchev–Trinajstić information content (AvgIpc) is 3.48. The minimum atomic E-state index is 0.529. The van der Waals surface area contributed by atoms with Crippen LogP contribution in [0.15, 0.2) is 16.8 Å². The third kappa shape index (κ3) is 3.72.